The highest BCUT2D eigenvalue weighted by Crippen LogP contribution is 2.45. The standard InChI is InChI=1S/C28H28N6O/c35-26(31-28(8-3-9-28)22-6-12-29-13-7-22)33-14-10-27(19-33)11-15-34-25(27)17-24(32-34)21-16-20-4-1-2-5-23(20)30-18-21/h1-2,4-7,12-13,16-18H,3,8-11,14-15,19H2,(H,31,35). The molecule has 0 radical (unpaired) electrons. The summed E-state index contributed by atoms with van der Waals surface area (Å²) in [6.07, 6.45) is 10.7. The Labute approximate surface area is 204 Å². The fraction of sp³-hybridized carbons (Fsp3) is 0.357. The lowest BCUT2D eigenvalue weighted by Gasteiger charge is -2.43. The minimum Gasteiger partial charge on any atom is -0.328 e. The van der Waals surface area contributed by atoms with Gasteiger partial charge in [-0.25, -0.2) is 4.79 Å². The summed E-state index contributed by atoms with van der Waals surface area (Å²) in [5.41, 5.74) is 5.15. The van der Waals surface area contributed by atoms with Gasteiger partial charge in [0.15, 0.2) is 0 Å². The van der Waals surface area contributed by atoms with Gasteiger partial charge in [0.25, 0.3) is 0 Å². The molecule has 35 heavy (non-hydrogen) atoms. The minimum atomic E-state index is -0.247. The number of aryl methyl sites for hydroxylation is 1. The number of likely N-dealkylation sites (tertiary alicyclic amines) is 1. The maximum absolute atomic E-state index is 13.4. The van der Waals surface area contributed by atoms with Crippen molar-refractivity contribution in [1.82, 2.24) is 30.0 Å². The number of hydrogen-bond donors (Lipinski definition) is 1. The number of amides is 2. The molecule has 3 aromatic heterocycles. The Balaban J connectivity index is 1.12. The predicted molar refractivity (Wildman–Crippen MR) is 134 cm³/mol. The molecule has 2 amide bonds. The first-order valence-corrected chi connectivity index (χ1v) is 12.6. The number of urea groups is 1. The zero-order valence-electron chi connectivity index (χ0n) is 19.7. The number of pyridine rings is 2. The maximum Gasteiger partial charge on any atom is 0.318 e. The fourth-order valence-corrected chi connectivity index (χ4v) is 6.24. The molecular weight excluding hydrogens is 436 g/mol. The molecule has 1 N–H and O–H groups in total. The lowest BCUT2D eigenvalue weighted by Crippen LogP contribution is -2.54. The first kappa shape index (κ1) is 20.6. The number of nitrogens with one attached hydrogen (secondary N) is 1. The molecule has 1 spiro atoms. The monoisotopic (exact) mass is 464 g/mol. The molecule has 7 rings (SSSR count). The Morgan fingerprint density at radius 3 is 2.63 bits per heavy atom. The molecule has 2 aliphatic heterocycles. The molecule has 176 valence electrons. The van der Waals surface area contributed by atoms with E-state index in [1.165, 1.54) is 5.69 Å². The van der Waals surface area contributed by atoms with Crippen LogP contribution in [0.4, 0.5) is 4.79 Å². The number of fused-ring (bicyclic) bond motifs is 3. The van der Waals surface area contributed by atoms with Crippen LogP contribution in [0.25, 0.3) is 22.2 Å². The van der Waals surface area contributed by atoms with Gasteiger partial charge >= 0.3 is 6.03 Å². The molecule has 4 aromatic rings. The van der Waals surface area contributed by atoms with E-state index in [0.29, 0.717) is 0 Å². The molecule has 1 aliphatic carbocycles. The van der Waals surface area contributed by atoms with E-state index in [4.69, 9.17) is 5.10 Å². The molecule has 1 unspecified atom stereocenters. The van der Waals surface area contributed by atoms with Gasteiger partial charge in [-0.3, -0.25) is 14.6 Å². The molecule has 7 nitrogen and oxygen atoms in total. The van der Waals surface area contributed by atoms with Crippen LogP contribution in [0.15, 0.2) is 67.1 Å². The molecule has 2 fully saturated rings. The van der Waals surface area contributed by atoms with Crippen molar-refractivity contribution in [3.63, 3.8) is 0 Å². The molecule has 1 saturated carbocycles. The van der Waals surface area contributed by atoms with E-state index in [2.05, 4.69) is 38.2 Å². The summed E-state index contributed by atoms with van der Waals surface area (Å²) in [5, 5.41) is 9.45. The van der Waals surface area contributed by atoms with E-state index < -0.39 is 0 Å². The average molecular weight is 465 g/mol. The fourth-order valence-electron chi connectivity index (χ4n) is 6.24. The minimum absolute atomic E-state index is 0.0175. The van der Waals surface area contributed by atoms with Crippen LogP contribution in [0.5, 0.6) is 0 Å². The lowest BCUT2D eigenvalue weighted by molar-refractivity contribution is 0.154. The van der Waals surface area contributed by atoms with Crippen molar-refractivity contribution in [3.05, 3.63) is 78.4 Å². The van der Waals surface area contributed by atoms with E-state index >= 15 is 0 Å². The molecule has 1 saturated heterocycles. The molecule has 1 atom stereocenters. The van der Waals surface area contributed by atoms with Crippen LogP contribution >= 0.6 is 0 Å². The summed E-state index contributed by atoms with van der Waals surface area (Å²) in [6.45, 7) is 2.41. The molecule has 3 aliphatic rings. The van der Waals surface area contributed by atoms with Crippen molar-refractivity contribution < 1.29 is 4.79 Å². The van der Waals surface area contributed by atoms with Gasteiger partial charge in [0.05, 0.1) is 16.7 Å². The second-order valence-electron chi connectivity index (χ2n) is 10.4. The van der Waals surface area contributed by atoms with Crippen LogP contribution < -0.4 is 5.32 Å². The van der Waals surface area contributed by atoms with Crippen molar-refractivity contribution in [1.29, 1.82) is 0 Å². The molecule has 0 bridgehead atoms. The smallest absolute Gasteiger partial charge is 0.318 e. The Morgan fingerprint density at radius 2 is 1.80 bits per heavy atom. The van der Waals surface area contributed by atoms with Gasteiger partial charge in [-0.1, -0.05) is 18.2 Å². The zero-order valence-corrected chi connectivity index (χ0v) is 19.7. The number of nitrogens with zero attached hydrogens (tertiary/aromatic N) is 5. The Kier molecular flexibility index (Phi) is 4.50. The number of benzene rings is 1. The summed E-state index contributed by atoms with van der Waals surface area (Å²) < 4.78 is 2.15. The highest BCUT2D eigenvalue weighted by molar-refractivity contribution is 5.83. The van der Waals surface area contributed by atoms with Crippen molar-refractivity contribution in [2.45, 2.75) is 49.6 Å². The summed E-state index contributed by atoms with van der Waals surface area (Å²) >= 11 is 0. The van der Waals surface area contributed by atoms with Gasteiger partial charge in [0.1, 0.15) is 0 Å². The Hall–Kier alpha value is -3.74. The van der Waals surface area contributed by atoms with Crippen LogP contribution in [0.3, 0.4) is 0 Å². The second-order valence-corrected chi connectivity index (χ2v) is 10.4. The van der Waals surface area contributed by atoms with Crippen LogP contribution in [0.1, 0.15) is 43.4 Å². The normalized spacial score (nSPS) is 22.3. The van der Waals surface area contributed by atoms with E-state index in [1.54, 1.807) is 0 Å². The molecular formula is C28H28N6O. The molecule has 1 aromatic carbocycles. The van der Waals surface area contributed by atoms with E-state index in [9.17, 15) is 4.79 Å². The van der Waals surface area contributed by atoms with Crippen molar-refractivity contribution in [2.75, 3.05) is 13.1 Å². The predicted octanol–water partition coefficient (Wildman–Crippen LogP) is 4.63. The third-order valence-corrected chi connectivity index (χ3v) is 8.44. The number of carbonyl (C=O) groups excluding carboxylic acids is 1. The third-order valence-electron chi connectivity index (χ3n) is 8.44. The van der Waals surface area contributed by atoms with Crippen LogP contribution in [-0.2, 0) is 17.5 Å². The maximum atomic E-state index is 13.4. The Bertz CT molecular complexity index is 1430. The number of carbonyl (C=O) groups is 1. The van der Waals surface area contributed by atoms with Gasteiger partial charge in [0.2, 0.25) is 0 Å². The topological polar surface area (TPSA) is 75.9 Å². The van der Waals surface area contributed by atoms with Crippen LogP contribution in [0, 0.1) is 0 Å². The first-order chi connectivity index (χ1) is 17.1. The van der Waals surface area contributed by atoms with Crippen molar-refractivity contribution >= 4 is 16.9 Å². The van der Waals surface area contributed by atoms with Crippen LogP contribution in [0.2, 0.25) is 0 Å². The SMILES string of the molecule is O=C(NC1(c2ccncc2)CCC1)N1CCC2(CCn3nc(-c4cnc5ccccc5c4)cc32)C1. The Morgan fingerprint density at radius 1 is 0.971 bits per heavy atom. The van der Waals surface area contributed by atoms with E-state index in [1.807, 2.05) is 53.8 Å². The highest BCUT2D eigenvalue weighted by atomic mass is 16.2. The summed E-state index contributed by atoms with van der Waals surface area (Å²) in [4.78, 5) is 24.2. The number of rotatable bonds is 3. The second kappa shape index (κ2) is 7.63. The number of hydrogen-bond acceptors (Lipinski definition) is 4. The summed E-state index contributed by atoms with van der Waals surface area (Å²) in [6, 6.07) is 16.7. The molecule has 5 heterocycles. The van der Waals surface area contributed by atoms with Crippen molar-refractivity contribution in [2.24, 2.45) is 0 Å². The van der Waals surface area contributed by atoms with Gasteiger partial charge in [-0.15, -0.1) is 0 Å². The van der Waals surface area contributed by atoms with Gasteiger partial charge in [0, 0.05) is 60.3 Å². The van der Waals surface area contributed by atoms with E-state index in [0.717, 1.165) is 79.5 Å². The lowest BCUT2D eigenvalue weighted by atomic mass is 9.72. The van der Waals surface area contributed by atoms with Gasteiger partial charge < -0.3 is 10.2 Å². The first-order valence-electron chi connectivity index (χ1n) is 12.6. The summed E-state index contributed by atoms with van der Waals surface area (Å²) in [7, 11) is 0. The molecule has 7 heteroatoms. The highest BCUT2D eigenvalue weighted by Gasteiger charge is 2.48. The number of aromatic nitrogens is 4. The van der Waals surface area contributed by atoms with Gasteiger partial charge in [-0.2, -0.15) is 5.10 Å². The number of para-hydroxylation sites is 1. The van der Waals surface area contributed by atoms with Crippen LogP contribution in [-0.4, -0.2) is 43.8 Å². The third kappa shape index (κ3) is 3.25. The zero-order chi connectivity index (χ0) is 23.5. The quantitative estimate of drug-likeness (QED) is 0.480. The van der Waals surface area contributed by atoms with E-state index in [-0.39, 0.29) is 17.0 Å². The van der Waals surface area contributed by atoms with Gasteiger partial charge in [-0.05, 0) is 68.0 Å². The van der Waals surface area contributed by atoms with Crippen molar-refractivity contribution in [3.8, 4) is 11.3 Å². The largest absolute Gasteiger partial charge is 0.328 e. The summed E-state index contributed by atoms with van der Waals surface area (Å²) in [5.74, 6) is 0. The average Bonchev–Trinajstić information content (AvgIpc) is 3.58.